The highest BCUT2D eigenvalue weighted by molar-refractivity contribution is 5.91. The van der Waals surface area contributed by atoms with Gasteiger partial charge in [-0.2, -0.15) is 5.10 Å². The Balaban J connectivity index is 3.14. The Kier molecular flexibility index (Phi) is 4.22. The molecule has 94 valence electrons. The third kappa shape index (κ3) is 2.82. The number of nitrogens with zero attached hydrogens (tertiary/aromatic N) is 2. The van der Waals surface area contributed by atoms with Crippen molar-refractivity contribution in [1.82, 2.24) is 9.78 Å². The summed E-state index contributed by atoms with van der Waals surface area (Å²) in [5.74, 6) is -2.68. The number of carboxylic acids is 1. The summed E-state index contributed by atoms with van der Waals surface area (Å²) in [7, 11) is 1.60. The second-order valence-electron chi connectivity index (χ2n) is 3.45. The van der Waals surface area contributed by atoms with Gasteiger partial charge in [0.1, 0.15) is 0 Å². The van der Waals surface area contributed by atoms with Crippen LogP contribution in [0.15, 0.2) is 6.20 Å². The average molecular weight is 241 g/mol. The molecular weight excluding hydrogens is 226 g/mol. The molecule has 1 atom stereocenters. The summed E-state index contributed by atoms with van der Waals surface area (Å²) >= 11 is 0. The lowest BCUT2D eigenvalue weighted by molar-refractivity contribution is -0.138. The molecule has 0 saturated heterocycles. The van der Waals surface area contributed by atoms with Crippen molar-refractivity contribution in [3.63, 3.8) is 0 Å². The Labute approximate surface area is 98.2 Å². The van der Waals surface area contributed by atoms with Gasteiger partial charge in [0.25, 0.3) is 0 Å². The Hall–Kier alpha value is -1.89. The lowest BCUT2D eigenvalue weighted by Gasteiger charge is -2.08. The molecule has 1 aromatic rings. The van der Waals surface area contributed by atoms with Crippen molar-refractivity contribution in [3.05, 3.63) is 17.5 Å². The number of carbonyl (C=O) groups is 2. The summed E-state index contributed by atoms with van der Waals surface area (Å²) in [6, 6.07) is 0. The van der Waals surface area contributed by atoms with Gasteiger partial charge in [0.2, 0.25) is 0 Å². The summed E-state index contributed by atoms with van der Waals surface area (Å²) in [5.41, 5.74) is 5.67. The van der Waals surface area contributed by atoms with Crippen molar-refractivity contribution in [1.29, 1.82) is 0 Å². The predicted molar refractivity (Wildman–Crippen MR) is 58.6 cm³/mol. The highest BCUT2D eigenvalue weighted by atomic mass is 16.5. The van der Waals surface area contributed by atoms with E-state index in [0.29, 0.717) is 0 Å². The summed E-state index contributed by atoms with van der Waals surface area (Å²) in [5, 5.41) is 12.9. The Morgan fingerprint density at radius 2 is 2.29 bits per heavy atom. The van der Waals surface area contributed by atoms with Gasteiger partial charge >= 0.3 is 11.9 Å². The van der Waals surface area contributed by atoms with Gasteiger partial charge in [-0.1, -0.05) is 0 Å². The van der Waals surface area contributed by atoms with Gasteiger partial charge in [0.05, 0.1) is 12.5 Å². The molecule has 0 spiro atoms. The van der Waals surface area contributed by atoms with Crippen molar-refractivity contribution in [2.75, 3.05) is 13.2 Å². The van der Waals surface area contributed by atoms with Crippen LogP contribution >= 0.6 is 0 Å². The Morgan fingerprint density at radius 1 is 1.65 bits per heavy atom. The predicted octanol–water partition coefficient (Wildman–Crippen LogP) is -0.276. The van der Waals surface area contributed by atoms with E-state index < -0.39 is 17.9 Å². The van der Waals surface area contributed by atoms with Gasteiger partial charge in [-0.05, 0) is 6.92 Å². The average Bonchev–Trinajstić information content (AvgIpc) is 2.61. The van der Waals surface area contributed by atoms with Crippen LogP contribution in [-0.2, 0) is 16.6 Å². The zero-order valence-electron chi connectivity index (χ0n) is 9.71. The summed E-state index contributed by atoms with van der Waals surface area (Å²) in [6.07, 6.45) is 1.47. The van der Waals surface area contributed by atoms with Gasteiger partial charge in [0, 0.05) is 25.4 Å². The quantitative estimate of drug-likeness (QED) is 0.687. The van der Waals surface area contributed by atoms with Crippen LogP contribution in [0.5, 0.6) is 0 Å². The van der Waals surface area contributed by atoms with Gasteiger partial charge < -0.3 is 15.6 Å². The molecule has 3 N–H and O–H groups in total. The number of hydrogen-bond donors (Lipinski definition) is 2. The Bertz CT molecular complexity index is 427. The normalized spacial score (nSPS) is 12.2. The number of aromatic nitrogens is 2. The standard InChI is InChI=1S/C10H15N3O4/c1-3-17-10(16)8-7(5-13(2)12-8)6(4-11)9(14)15/h5-6H,3-4,11H2,1-2H3,(H,14,15). The molecule has 7 nitrogen and oxygen atoms in total. The SMILES string of the molecule is CCOC(=O)c1nn(C)cc1C(CN)C(=O)O. The molecular formula is C10H15N3O4. The number of rotatable bonds is 5. The summed E-state index contributed by atoms with van der Waals surface area (Å²) in [4.78, 5) is 22.6. The first-order chi connectivity index (χ1) is 8.01. The molecule has 1 heterocycles. The van der Waals surface area contributed by atoms with E-state index in [-0.39, 0.29) is 24.4 Å². The minimum atomic E-state index is -1.09. The van der Waals surface area contributed by atoms with Crippen LogP contribution in [0.25, 0.3) is 0 Å². The van der Waals surface area contributed by atoms with Crippen molar-refractivity contribution >= 4 is 11.9 Å². The maximum absolute atomic E-state index is 11.6. The maximum Gasteiger partial charge on any atom is 0.359 e. The molecule has 17 heavy (non-hydrogen) atoms. The largest absolute Gasteiger partial charge is 0.481 e. The molecule has 7 heteroatoms. The van der Waals surface area contributed by atoms with E-state index in [4.69, 9.17) is 15.6 Å². The first kappa shape index (κ1) is 13.2. The summed E-state index contributed by atoms with van der Waals surface area (Å²) in [6.45, 7) is 1.76. The molecule has 1 aromatic heterocycles. The smallest absolute Gasteiger partial charge is 0.359 e. The molecule has 1 rings (SSSR count). The monoisotopic (exact) mass is 241 g/mol. The second-order valence-corrected chi connectivity index (χ2v) is 3.45. The number of aryl methyl sites for hydroxylation is 1. The second kappa shape index (κ2) is 5.44. The van der Waals surface area contributed by atoms with Crippen LogP contribution in [0.4, 0.5) is 0 Å². The number of ether oxygens (including phenoxy) is 1. The van der Waals surface area contributed by atoms with Crippen LogP contribution in [0.1, 0.15) is 28.9 Å². The van der Waals surface area contributed by atoms with Gasteiger partial charge in [-0.15, -0.1) is 0 Å². The van der Waals surface area contributed by atoms with E-state index in [1.54, 1.807) is 14.0 Å². The van der Waals surface area contributed by atoms with Crippen LogP contribution < -0.4 is 5.73 Å². The van der Waals surface area contributed by atoms with Crippen LogP contribution in [0, 0.1) is 0 Å². The first-order valence-electron chi connectivity index (χ1n) is 5.14. The topological polar surface area (TPSA) is 107 Å². The fraction of sp³-hybridized carbons (Fsp3) is 0.500. The minimum Gasteiger partial charge on any atom is -0.481 e. The molecule has 0 aliphatic rings. The van der Waals surface area contributed by atoms with Crippen molar-refractivity contribution in [3.8, 4) is 0 Å². The van der Waals surface area contributed by atoms with E-state index in [1.807, 2.05) is 0 Å². The third-order valence-electron chi connectivity index (χ3n) is 2.24. The molecule has 0 saturated carbocycles. The molecule has 1 unspecified atom stereocenters. The zero-order chi connectivity index (χ0) is 13.0. The van der Waals surface area contributed by atoms with Gasteiger partial charge in [-0.3, -0.25) is 9.48 Å². The van der Waals surface area contributed by atoms with E-state index in [9.17, 15) is 9.59 Å². The van der Waals surface area contributed by atoms with Gasteiger partial charge in [0.15, 0.2) is 5.69 Å². The van der Waals surface area contributed by atoms with Crippen molar-refractivity contribution in [2.45, 2.75) is 12.8 Å². The fourth-order valence-corrected chi connectivity index (χ4v) is 1.48. The van der Waals surface area contributed by atoms with Crippen LogP contribution in [0.2, 0.25) is 0 Å². The Morgan fingerprint density at radius 3 is 2.76 bits per heavy atom. The lowest BCUT2D eigenvalue weighted by Crippen LogP contribution is -2.23. The number of nitrogens with two attached hydrogens (primary N) is 1. The highest BCUT2D eigenvalue weighted by Gasteiger charge is 2.27. The number of esters is 1. The molecule has 0 aliphatic carbocycles. The number of carbonyl (C=O) groups excluding carboxylic acids is 1. The van der Waals surface area contributed by atoms with E-state index in [1.165, 1.54) is 10.9 Å². The van der Waals surface area contributed by atoms with E-state index >= 15 is 0 Å². The highest BCUT2D eigenvalue weighted by Crippen LogP contribution is 2.19. The zero-order valence-corrected chi connectivity index (χ0v) is 9.71. The number of hydrogen-bond acceptors (Lipinski definition) is 5. The molecule has 0 aliphatic heterocycles. The van der Waals surface area contributed by atoms with E-state index in [2.05, 4.69) is 5.10 Å². The molecule has 0 amide bonds. The number of aliphatic carboxylic acids is 1. The van der Waals surface area contributed by atoms with Crippen LogP contribution in [-0.4, -0.2) is 40.0 Å². The van der Waals surface area contributed by atoms with Crippen molar-refractivity contribution < 1.29 is 19.4 Å². The number of carboxylic acid groups (broad SMARTS) is 1. The fourth-order valence-electron chi connectivity index (χ4n) is 1.48. The first-order valence-corrected chi connectivity index (χ1v) is 5.14. The van der Waals surface area contributed by atoms with Gasteiger partial charge in [-0.25, -0.2) is 4.79 Å². The summed E-state index contributed by atoms with van der Waals surface area (Å²) < 4.78 is 6.18. The third-order valence-corrected chi connectivity index (χ3v) is 2.24. The lowest BCUT2D eigenvalue weighted by atomic mass is 10.0. The molecule has 0 fully saturated rings. The molecule has 0 bridgehead atoms. The van der Waals surface area contributed by atoms with Crippen LogP contribution in [0.3, 0.4) is 0 Å². The maximum atomic E-state index is 11.6. The minimum absolute atomic E-state index is 0.00667. The molecule has 0 aromatic carbocycles. The molecule has 0 radical (unpaired) electrons. The van der Waals surface area contributed by atoms with E-state index in [0.717, 1.165) is 0 Å². The van der Waals surface area contributed by atoms with Crippen molar-refractivity contribution in [2.24, 2.45) is 12.8 Å².